The van der Waals surface area contributed by atoms with E-state index < -0.39 is 16.7 Å². The molecule has 0 radical (unpaired) electrons. The van der Waals surface area contributed by atoms with Crippen molar-refractivity contribution in [2.75, 3.05) is 0 Å². The average Bonchev–Trinajstić information content (AvgIpc) is 3.02. The summed E-state index contributed by atoms with van der Waals surface area (Å²) in [5.41, 5.74) is 0.581. The van der Waals surface area contributed by atoms with Gasteiger partial charge in [-0.05, 0) is 41.1 Å². The van der Waals surface area contributed by atoms with E-state index in [4.69, 9.17) is 0 Å². The van der Waals surface area contributed by atoms with Crippen LogP contribution in [0.2, 0.25) is 0 Å². The van der Waals surface area contributed by atoms with Crippen molar-refractivity contribution >= 4 is 5.69 Å². The van der Waals surface area contributed by atoms with E-state index in [-0.39, 0.29) is 23.6 Å². The van der Waals surface area contributed by atoms with Crippen LogP contribution in [0.5, 0.6) is 0 Å². The zero-order valence-corrected chi connectivity index (χ0v) is 13.4. The Morgan fingerprint density at radius 2 is 1.96 bits per heavy atom. The number of nitro benzene ring substituents is 1. The number of hydrogen-bond acceptors (Lipinski definition) is 5. The molecule has 0 bridgehead atoms. The van der Waals surface area contributed by atoms with Crippen molar-refractivity contribution in [2.24, 2.45) is 0 Å². The minimum Gasteiger partial charge on any atom is -0.258 e. The summed E-state index contributed by atoms with van der Waals surface area (Å²) < 4.78 is 40.0. The minimum atomic E-state index is -4.47. The Balaban J connectivity index is 1.93. The van der Waals surface area contributed by atoms with Gasteiger partial charge in [-0.3, -0.25) is 10.1 Å². The van der Waals surface area contributed by atoms with Gasteiger partial charge in [-0.2, -0.15) is 13.2 Å². The van der Waals surface area contributed by atoms with Crippen LogP contribution in [-0.4, -0.2) is 25.1 Å². The van der Waals surface area contributed by atoms with E-state index in [2.05, 4.69) is 15.5 Å². The van der Waals surface area contributed by atoms with Crippen LogP contribution in [-0.2, 0) is 12.7 Å². The molecule has 134 valence electrons. The van der Waals surface area contributed by atoms with Crippen LogP contribution < -0.4 is 0 Å². The molecule has 10 heteroatoms. The summed E-state index contributed by atoms with van der Waals surface area (Å²) in [7, 11) is 0. The molecule has 0 saturated heterocycles. The Kier molecular flexibility index (Phi) is 4.41. The highest BCUT2D eigenvalue weighted by atomic mass is 19.4. The zero-order chi connectivity index (χ0) is 18.9. The fraction of sp³-hybridized carbons (Fsp3) is 0.188. The minimum absolute atomic E-state index is 0.0106. The van der Waals surface area contributed by atoms with Gasteiger partial charge in [0.15, 0.2) is 5.82 Å². The highest BCUT2D eigenvalue weighted by Gasteiger charge is 2.30. The van der Waals surface area contributed by atoms with Crippen molar-refractivity contribution in [1.82, 2.24) is 20.2 Å². The van der Waals surface area contributed by atoms with Crippen molar-refractivity contribution < 1.29 is 18.1 Å². The van der Waals surface area contributed by atoms with E-state index in [1.54, 1.807) is 19.1 Å². The van der Waals surface area contributed by atoms with Gasteiger partial charge < -0.3 is 0 Å². The Bertz CT molecular complexity index is 969. The summed E-state index contributed by atoms with van der Waals surface area (Å²) in [6.45, 7) is 1.77. The van der Waals surface area contributed by atoms with Crippen molar-refractivity contribution in [3.05, 3.63) is 69.3 Å². The van der Waals surface area contributed by atoms with Crippen LogP contribution in [0, 0.1) is 17.0 Å². The fourth-order valence-corrected chi connectivity index (χ4v) is 2.55. The van der Waals surface area contributed by atoms with Gasteiger partial charge in [-0.15, -0.1) is 5.10 Å². The van der Waals surface area contributed by atoms with Gasteiger partial charge in [0.1, 0.15) is 0 Å². The lowest BCUT2D eigenvalue weighted by Gasteiger charge is -2.09. The monoisotopic (exact) mass is 363 g/mol. The zero-order valence-electron chi connectivity index (χ0n) is 13.4. The van der Waals surface area contributed by atoms with Crippen LogP contribution in [0.25, 0.3) is 11.4 Å². The number of nitro groups is 1. The number of aromatic nitrogens is 4. The molecule has 3 aromatic rings. The molecular formula is C16H12F3N5O2. The van der Waals surface area contributed by atoms with Gasteiger partial charge in [0.05, 0.1) is 17.0 Å². The lowest BCUT2D eigenvalue weighted by Crippen LogP contribution is -2.07. The van der Waals surface area contributed by atoms with Gasteiger partial charge >= 0.3 is 6.18 Å². The van der Waals surface area contributed by atoms with Crippen molar-refractivity contribution in [1.29, 1.82) is 0 Å². The molecule has 1 aromatic heterocycles. The van der Waals surface area contributed by atoms with E-state index >= 15 is 0 Å². The van der Waals surface area contributed by atoms with Crippen LogP contribution in [0.15, 0.2) is 42.5 Å². The molecule has 1 heterocycles. The van der Waals surface area contributed by atoms with Crippen LogP contribution >= 0.6 is 0 Å². The topological polar surface area (TPSA) is 86.7 Å². The predicted molar refractivity (Wildman–Crippen MR) is 85.2 cm³/mol. The molecule has 0 amide bonds. The number of nitrogens with zero attached hydrogens (tertiary/aromatic N) is 5. The summed E-state index contributed by atoms with van der Waals surface area (Å²) in [5, 5.41) is 22.0. The lowest BCUT2D eigenvalue weighted by molar-refractivity contribution is -0.385. The SMILES string of the molecule is Cc1cc(Cn2nnnc2-c2cccc(C(F)(F)F)c2)ccc1[N+](=O)[O-]. The number of rotatable bonds is 4. The Hall–Kier alpha value is -3.30. The highest BCUT2D eigenvalue weighted by Crippen LogP contribution is 2.31. The molecule has 0 aliphatic carbocycles. The second-order valence-corrected chi connectivity index (χ2v) is 5.62. The molecule has 3 rings (SSSR count). The quantitative estimate of drug-likeness (QED) is 0.522. The molecule has 0 unspecified atom stereocenters. The number of halogens is 3. The molecule has 0 atom stereocenters. The van der Waals surface area contributed by atoms with Crippen LogP contribution in [0.4, 0.5) is 18.9 Å². The van der Waals surface area contributed by atoms with Gasteiger partial charge in [0.2, 0.25) is 0 Å². The van der Waals surface area contributed by atoms with Crippen LogP contribution in [0.3, 0.4) is 0 Å². The third-order valence-corrected chi connectivity index (χ3v) is 3.77. The van der Waals surface area contributed by atoms with E-state index in [0.29, 0.717) is 11.1 Å². The molecule has 0 fully saturated rings. The van der Waals surface area contributed by atoms with Gasteiger partial charge in [0, 0.05) is 17.2 Å². The summed E-state index contributed by atoms with van der Waals surface area (Å²) in [6.07, 6.45) is -4.47. The van der Waals surface area contributed by atoms with Crippen LogP contribution in [0.1, 0.15) is 16.7 Å². The predicted octanol–water partition coefficient (Wildman–Crippen LogP) is 3.62. The maximum absolute atomic E-state index is 12.9. The second kappa shape index (κ2) is 6.54. The molecule has 0 spiro atoms. The maximum atomic E-state index is 12.9. The van der Waals surface area contributed by atoms with E-state index in [0.717, 1.165) is 12.1 Å². The summed E-state index contributed by atoms with van der Waals surface area (Å²) >= 11 is 0. The number of tetrazole rings is 1. The molecule has 0 aliphatic heterocycles. The molecule has 2 aromatic carbocycles. The number of alkyl halides is 3. The fourth-order valence-electron chi connectivity index (χ4n) is 2.55. The van der Waals surface area contributed by atoms with Gasteiger partial charge in [0.25, 0.3) is 5.69 Å². The largest absolute Gasteiger partial charge is 0.416 e. The van der Waals surface area contributed by atoms with E-state index in [9.17, 15) is 23.3 Å². The van der Waals surface area contributed by atoms with Gasteiger partial charge in [-0.1, -0.05) is 18.2 Å². The smallest absolute Gasteiger partial charge is 0.258 e. The summed E-state index contributed by atoms with van der Waals surface area (Å²) in [6, 6.07) is 9.27. The first kappa shape index (κ1) is 17.5. The second-order valence-electron chi connectivity index (χ2n) is 5.62. The molecular weight excluding hydrogens is 351 g/mol. The number of hydrogen-bond donors (Lipinski definition) is 0. The molecule has 0 N–H and O–H groups in total. The molecule has 0 aliphatic rings. The lowest BCUT2D eigenvalue weighted by atomic mass is 10.1. The van der Waals surface area contributed by atoms with E-state index in [1.165, 1.54) is 22.9 Å². The van der Waals surface area contributed by atoms with E-state index in [1.807, 2.05) is 0 Å². The summed E-state index contributed by atoms with van der Waals surface area (Å²) in [5.74, 6) is 0.173. The summed E-state index contributed by atoms with van der Waals surface area (Å²) in [4.78, 5) is 10.4. The normalized spacial score (nSPS) is 11.5. The third-order valence-electron chi connectivity index (χ3n) is 3.77. The first-order valence-corrected chi connectivity index (χ1v) is 7.43. The number of benzene rings is 2. The third kappa shape index (κ3) is 3.53. The Morgan fingerprint density at radius 3 is 2.62 bits per heavy atom. The Labute approximate surface area is 145 Å². The van der Waals surface area contributed by atoms with Crippen molar-refractivity contribution in [3.63, 3.8) is 0 Å². The molecule has 26 heavy (non-hydrogen) atoms. The van der Waals surface area contributed by atoms with Crippen molar-refractivity contribution in [3.8, 4) is 11.4 Å². The van der Waals surface area contributed by atoms with Gasteiger partial charge in [-0.25, -0.2) is 4.68 Å². The Morgan fingerprint density at radius 1 is 1.19 bits per heavy atom. The standard InChI is InChI=1S/C16H12F3N5O2/c1-10-7-11(5-6-14(10)24(25)26)9-23-15(20-21-22-23)12-3-2-4-13(8-12)16(17,18)19/h2-8H,9H2,1H3. The van der Waals surface area contributed by atoms with Crippen molar-refractivity contribution in [2.45, 2.75) is 19.6 Å². The maximum Gasteiger partial charge on any atom is 0.416 e. The number of aryl methyl sites for hydroxylation is 1. The molecule has 7 nitrogen and oxygen atoms in total. The molecule has 0 saturated carbocycles. The average molecular weight is 363 g/mol. The first-order chi connectivity index (χ1) is 12.3. The highest BCUT2D eigenvalue weighted by molar-refractivity contribution is 5.56. The first-order valence-electron chi connectivity index (χ1n) is 7.43.